The molecule has 4 aromatic rings. The Bertz CT molecular complexity index is 1160. The smallest absolute Gasteiger partial charge is 0.0604 e. The molecule has 1 aliphatic rings. The highest BCUT2D eigenvalue weighted by Gasteiger charge is 2.43. The Morgan fingerprint density at radius 2 is 1.12 bits per heavy atom. The van der Waals surface area contributed by atoms with Gasteiger partial charge in [0.15, 0.2) is 0 Å². The van der Waals surface area contributed by atoms with E-state index in [1.165, 1.54) is 16.7 Å². The maximum absolute atomic E-state index is 5.25. The predicted octanol–water partition coefficient (Wildman–Crippen LogP) is 7.08. The SMILES string of the molecule is CN1[C@H](c2ccccc2)C[C@H](N=Cc2ccccc2)[C@H](c2ccccc2)[C@@H]1c1ccccc1. The number of rotatable bonds is 5. The lowest BCUT2D eigenvalue weighted by molar-refractivity contribution is 0.0808. The Morgan fingerprint density at radius 3 is 1.70 bits per heavy atom. The van der Waals surface area contributed by atoms with Crippen LogP contribution in [0.3, 0.4) is 0 Å². The van der Waals surface area contributed by atoms with E-state index in [-0.39, 0.29) is 18.0 Å². The van der Waals surface area contributed by atoms with Gasteiger partial charge in [-0.2, -0.15) is 0 Å². The second-order valence-electron chi connectivity index (χ2n) is 8.88. The maximum atomic E-state index is 5.25. The van der Waals surface area contributed by atoms with Crippen molar-refractivity contribution in [2.45, 2.75) is 30.5 Å². The molecular formula is C31H30N2. The molecule has 0 aromatic heterocycles. The van der Waals surface area contributed by atoms with E-state index < -0.39 is 0 Å². The van der Waals surface area contributed by atoms with Crippen LogP contribution in [0, 0.1) is 0 Å². The first kappa shape index (κ1) is 21.4. The van der Waals surface area contributed by atoms with Crippen LogP contribution < -0.4 is 0 Å². The minimum Gasteiger partial charge on any atom is -0.292 e. The molecule has 0 radical (unpaired) electrons. The van der Waals surface area contributed by atoms with E-state index in [1.807, 2.05) is 0 Å². The van der Waals surface area contributed by atoms with Gasteiger partial charge in [0, 0.05) is 24.2 Å². The summed E-state index contributed by atoms with van der Waals surface area (Å²) in [6.45, 7) is 0. The summed E-state index contributed by atoms with van der Waals surface area (Å²) in [6.07, 6.45) is 3.04. The van der Waals surface area contributed by atoms with E-state index in [9.17, 15) is 0 Å². The summed E-state index contributed by atoms with van der Waals surface area (Å²) in [4.78, 5) is 7.81. The number of likely N-dealkylation sites (tertiary alicyclic amines) is 1. The van der Waals surface area contributed by atoms with E-state index in [0.717, 1.165) is 12.0 Å². The fraction of sp³-hybridized carbons (Fsp3) is 0.194. The van der Waals surface area contributed by atoms with Crippen LogP contribution in [0.15, 0.2) is 126 Å². The van der Waals surface area contributed by atoms with Gasteiger partial charge in [-0.25, -0.2) is 0 Å². The summed E-state index contributed by atoms with van der Waals surface area (Å²) in [6, 6.07) is 43.9. The lowest BCUT2D eigenvalue weighted by Gasteiger charge is -2.48. The van der Waals surface area contributed by atoms with E-state index in [2.05, 4.69) is 139 Å². The highest BCUT2D eigenvalue weighted by molar-refractivity contribution is 5.79. The van der Waals surface area contributed by atoms with Crippen LogP contribution in [0.5, 0.6) is 0 Å². The number of piperidine rings is 1. The number of benzene rings is 4. The summed E-state index contributed by atoms with van der Waals surface area (Å²) < 4.78 is 0. The Kier molecular flexibility index (Phi) is 6.46. The van der Waals surface area contributed by atoms with Gasteiger partial charge in [-0.3, -0.25) is 9.89 Å². The molecule has 0 aliphatic carbocycles. The summed E-state index contributed by atoms with van der Waals surface area (Å²) in [5.74, 6) is 0.263. The van der Waals surface area contributed by atoms with Gasteiger partial charge < -0.3 is 0 Å². The predicted molar refractivity (Wildman–Crippen MR) is 138 cm³/mol. The molecule has 0 saturated carbocycles. The second-order valence-corrected chi connectivity index (χ2v) is 8.88. The normalized spacial score (nSPS) is 23.5. The van der Waals surface area contributed by atoms with Crippen molar-refractivity contribution in [3.63, 3.8) is 0 Å². The number of hydrogen-bond acceptors (Lipinski definition) is 2. The van der Waals surface area contributed by atoms with Gasteiger partial charge in [-0.05, 0) is 35.7 Å². The highest BCUT2D eigenvalue weighted by atomic mass is 15.2. The van der Waals surface area contributed by atoms with Crippen LogP contribution in [0.1, 0.15) is 46.7 Å². The van der Waals surface area contributed by atoms with Gasteiger partial charge in [-0.15, -0.1) is 0 Å². The first-order valence-corrected chi connectivity index (χ1v) is 11.8. The second kappa shape index (κ2) is 9.97. The number of aliphatic imine (C=N–C) groups is 1. The molecule has 1 fully saturated rings. The molecule has 2 nitrogen and oxygen atoms in total. The van der Waals surface area contributed by atoms with Gasteiger partial charge in [0.25, 0.3) is 0 Å². The molecule has 1 aliphatic heterocycles. The van der Waals surface area contributed by atoms with Crippen molar-refractivity contribution >= 4 is 6.21 Å². The Balaban J connectivity index is 1.62. The monoisotopic (exact) mass is 430 g/mol. The lowest BCUT2D eigenvalue weighted by Crippen LogP contribution is -2.44. The van der Waals surface area contributed by atoms with Crippen molar-refractivity contribution in [2.75, 3.05) is 7.05 Å². The Labute approximate surface area is 197 Å². The molecule has 33 heavy (non-hydrogen) atoms. The van der Waals surface area contributed by atoms with Crippen LogP contribution in [0.25, 0.3) is 0 Å². The van der Waals surface area contributed by atoms with Crippen LogP contribution in [0.4, 0.5) is 0 Å². The van der Waals surface area contributed by atoms with Gasteiger partial charge >= 0.3 is 0 Å². The molecule has 4 aromatic carbocycles. The molecule has 0 spiro atoms. The van der Waals surface area contributed by atoms with Crippen molar-refractivity contribution in [3.8, 4) is 0 Å². The van der Waals surface area contributed by atoms with Crippen LogP contribution in [-0.2, 0) is 0 Å². The highest BCUT2D eigenvalue weighted by Crippen LogP contribution is 2.49. The zero-order valence-electron chi connectivity index (χ0n) is 19.0. The molecule has 0 N–H and O–H groups in total. The van der Waals surface area contributed by atoms with E-state index in [1.54, 1.807) is 0 Å². The molecule has 1 saturated heterocycles. The molecule has 1 heterocycles. The van der Waals surface area contributed by atoms with Gasteiger partial charge in [0.05, 0.1) is 6.04 Å². The lowest BCUT2D eigenvalue weighted by atomic mass is 9.74. The minimum atomic E-state index is 0.166. The van der Waals surface area contributed by atoms with Gasteiger partial charge in [0.1, 0.15) is 0 Å². The third kappa shape index (κ3) is 4.67. The average Bonchev–Trinajstić information content (AvgIpc) is 2.89. The standard InChI is InChI=1S/C31H30N2/c1-33-29(25-16-8-3-9-17-25)22-28(32-23-24-14-6-2-7-15-24)30(26-18-10-4-11-19-26)31(33)27-20-12-5-13-21-27/h2-21,23,28-31H,22H2,1H3/t28-,29-,30-,31-/m0/s1. The summed E-state index contributed by atoms with van der Waals surface area (Å²) in [7, 11) is 2.28. The number of nitrogens with zero attached hydrogens (tertiary/aromatic N) is 2. The molecule has 2 heteroatoms. The van der Waals surface area contributed by atoms with Crippen LogP contribution in [0.2, 0.25) is 0 Å². The molecular weight excluding hydrogens is 400 g/mol. The van der Waals surface area contributed by atoms with Gasteiger partial charge in [0.2, 0.25) is 0 Å². The van der Waals surface area contributed by atoms with Crippen molar-refractivity contribution in [3.05, 3.63) is 144 Å². The van der Waals surface area contributed by atoms with Crippen LogP contribution in [-0.4, -0.2) is 24.2 Å². The number of hydrogen-bond donors (Lipinski definition) is 0. The first-order chi connectivity index (χ1) is 16.3. The largest absolute Gasteiger partial charge is 0.292 e. The Morgan fingerprint density at radius 1 is 0.636 bits per heavy atom. The zero-order valence-corrected chi connectivity index (χ0v) is 19.0. The van der Waals surface area contributed by atoms with Crippen molar-refractivity contribution < 1.29 is 0 Å². The fourth-order valence-corrected chi connectivity index (χ4v) is 5.29. The van der Waals surface area contributed by atoms with Crippen molar-refractivity contribution in [1.29, 1.82) is 0 Å². The molecule has 4 atom stereocenters. The third-order valence-electron chi connectivity index (χ3n) is 6.87. The quantitative estimate of drug-likeness (QED) is 0.309. The van der Waals surface area contributed by atoms with E-state index in [4.69, 9.17) is 4.99 Å². The van der Waals surface area contributed by atoms with Crippen molar-refractivity contribution in [2.24, 2.45) is 4.99 Å². The third-order valence-corrected chi connectivity index (χ3v) is 6.87. The molecule has 0 unspecified atom stereocenters. The van der Waals surface area contributed by atoms with Crippen LogP contribution >= 0.6 is 0 Å². The zero-order chi connectivity index (χ0) is 22.5. The average molecular weight is 431 g/mol. The topological polar surface area (TPSA) is 15.6 Å². The fourth-order valence-electron chi connectivity index (χ4n) is 5.29. The molecule has 5 rings (SSSR count). The molecule has 0 amide bonds. The maximum Gasteiger partial charge on any atom is 0.0604 e. The first-order valence-electron chi connectivity index (χ1n) is 11.8. The summed E-state index contributed by atoms with van der Waals surface area (Å²) in [5.41, 5.74) is 5.19. The number of likely N-dealkylation sites (N-methyl/N-ethyl adjacent to an activating group) is 1. The van der Waals surface area contributed by atoms with E-state index in [0.29, 0.717) is 6.04 Å². The summed E-state index contributed by atoms with van der Waals surface area (Å²) >= 11 is 0. The van der Waals surface area contributed by atoms with E-state index >= 15 is 0 Å². The molecule has 164 valence electrons. The minimum absolute atomic E-state index is 0.166. The Hall–Kier alpha value is -3.49. The van der Waals surface area contributed by atoms with Crippen molar-refractivity contribution in [1.82, 2.24) is 4.90 Å². The molecule has 0 bridgehead atoms. The summed E-state index contributed by atoms with van der Waals surface area (Å²) in [5, 5.41) is 0. The van der Waals surface area contributed by atoms with Gasteiger partial charge in [-0.1, -0.05) is 121 Å².